The van der Waals surface area contributed by atoms with Crippen LogP contribution in [0, 0.1) is 0 Å². The number of methoxy groups -OCH3 is 2. The monoisotopic (exact) mass is 288 g/mol. The molecule has 0 aromatic carbocycles. The summed E-state index contributed by atoms with van der Waals surface area (Å²) in [5, 5.41) is 0. The first kappa shape index (κ1) is 17.4. The molecule has 0 atom stereocenters. The molecular weight excluding hydrogens is 267 g/mol. The van der Waals surface area contributed by atoms with E-state index >= 15 is 0 Å². The molecule has 2 N–H and O–H groups in total. The van der Waals surface area contributed by atoms with Crippen LogP contribution in [0.15, 0.2) is 0 Å². The van der Waals surface area contributed by atoms with E-state index in [1.807, 2.05) is 0 Å². The van der Waals surface area contributed by atoms with Crippen LogP contribution < -0.4 is 0 Å². The molecule has 0 unspecified atom stereocenters. The van der Waals surface area contributed by atoms with Gasteiger partial charge in [-0.25, -0.2) is 4.52 Å². The molecule has 0 amide bonds. The molecule has 0 fully saturated rings. The van der Waals surface area contributed by atoms with Crippen molar-refractivity contribution in [2.75, 3.05) is 27.4 Å². The lowest BCUT2D eigenvalue weighted by molar-refractivity contribution is -0.440. The Balaban J connectivity index is 5.25. The molecule has 17 heavy (non-hydrogen) atoms. The molecule has 0 saturated heterocycles. The van der Waals surface area contributed by atoms with Crippen molar-refractivity contribution < 1.29 is 33.3 Å². The fraction of sp³-hybridized carbons (Fsp3) is 1.00. The van der Waals surface area contributed by atoms with Gasteiger partial charge in [0.25, 0.3) is 0 Å². The van der Waals surface area contributed by atoms with Gasteiger partial charge < -0.3 is 28.7 Å². The van der Waals surface area contributed by atoms with Gasteiger partial charge in [0.1, 0.15) is 0 Å². The summed E-state index contributed by atoms with van der Waals surface area (Å²) in [6.45, 7) is 3.92. The molecule has 9 heteroatoms. The van der Waals surface area contributed by atoms with E-state index in [9.17, 15) is 0 Å². The number of hydrogen-bond donors (Lipinski definition) is 2. The summed E-state index contributed by atoms with van der Waals surface area (Å²) in [6.07, 6.45) is 0. The van der Waals surface area contributed by atoms with Gasteiger partial charge in [0.15, 0.2) is 0 Å². The number of ether oxygens (including phenoxy) is 4. The standard InChI is InChI=1S/C8H21O7PSi/c1-5-13-7(14-6-2,15-16(9)10)8(17,11-3)12-4/h9-10H,5-6H2,1-4,17H3. The molecule has 0 aliphatic carbocycles. The van der Waals surface area contributed by atoms with Gasteiger partial charge in [-0.05, 0) is 13.8 Å². The van der Waals surface area contributed by atoms with Crippen molar-refractivity contribution in [3.05, 3.63) is 0 Å². The zero-order valence-electron chi connectivity index (χ0n) is 10.8. The first-order valence-electron chi connectivity index (χ1n) is 5.16. The van der Waals surface area contributed by atoms with E-state index in [0.717, 1.165) is 0 Å². The van der Waals surface area contributed by atoms with E-state index in [2.05, 4.69) is 0 Å². The van der Waals surface area contributed by atoms with Gasteiger partial charge in [-0.2, -0.15) is 0 Å². The van der Waals surface area contributed by atoms with Gasteiger partial charge in [-0.3, -0.25) is 0 Å². The highest BCUT2D eigenvalue weighted by atomic mass is 31.2. The lowest BCUT2D eigenvalue weighted by Gasteiger charge is -2.43. The van der Waals surface area contributed by atoms with Gasteiger partial charge in [0.2, 0.25) is 5.41 Å². The zero-order chi connectivity index (χ0) is 13.5. The summed E-state index contributed by atoms with van der Waals surface area (Å²) in [7, 11) is 0.467. The maximum atomic E-state index is 9.04. The Morgan fingerprint density at radius 2 is 1.47 bits per heavy atom. The molecule has 0 saturated carbocycles. The summed E-state index contributed by atoms with van der Waals surface area (Å²) in [4.78, 5) is 18.1. The zero-order valence-corrected chi connectivity index (χ0v) is 13.7. The third-order valence-corrected chi connectivity index (χ3v) is 4.04. The van der Waals surface area contributed by atoms with Gasteiger partial charge >= 0.3 is 14.6 Å². The van der Waals surface area contributed by atoms with Crippen LogP contribution >= 0.6 is 8.60 Å². The molecule has 7 nitrogen and oxygen atoms in total. The maximum Gasteiger partial charge on any atom is 0.341 e. The fourth-order valence-corrected chi connectivity index (χ4v) is 2.31. The van der Waals surface area contributed by atoms with Crippen LogP contribution in [0.1, 0.15) is 13.8 Å². The Morgan fingerprint density at radius 1 is 1.06 bits per heavy atom. The lowest BCUT2D eigenvalue weighted by Crippen LogP contribution is -2.61. The third kappa shape index (κ3) is 4.20. The van der Waals surface area contributed by atoms with Crippen molar-refractivity contribution in [1.29, 1.82) is 0 Å². The van der Waals surface area contributed by atoms with Crippen LogP contribution in [0.3, 0.4) is 0 Å². The normalized spacial score (nSPS) is 13.6. The fourth-order valence-electron chi connectivity index (χ4n) is 1.26. The SMILES string of the molecule is CCOC(OCC)(OP(O)O)C([SiH3])(OC)OC. The molecule has 0 aromatic heterocycles. The largest absolute Gasteiger partial charge is 0.351 e. The highest BCUT2D eigenvalue weighted by Crippen LogP contribution is 2.41. The molecule has 0 radical (unpaired) electrons. The Hall–Kier alpha value is 0.367. The molecule has 0 heterocycles. The Kier molecular flexibility index (Phi) is 7.89. The van der Waals surface area contributed by atoms with E-state index in [1.165, 1.54) is 14.2 Å². The van der Waals surface area contributed by atoms with E-state index < -0.39 is 20.0 Å². The van der Waals surface area contributed by atoms with Crippen LogP contribution in [0.5, 0.6) is 0 Å². The number of hydrogen-bond acceptors (Lipinski definition) is 7. The Morgan fingerprint density at radius 3 is 1.71 bits per heavy atom. The summed E-state index contributed by atoms with van der Waals surface area (Å²) in [5.41, 5.74) is -1.30. The second-order valence-electron chi connectivity index (χ2n) is 3.12. The quantitative estimate of drug-likeness (QED) is 0.328. The minimum atomic E-state index is -2.67. The summed E-state index contributed by atoms with van der Waals surface area (Å²) < 4.78 is 26.1. The molecule has 104 valence electrons. The van der Waals surface area contributed by atoms with Crippen molar-refractivity contribution in [3.8, 4) is 0 Å². The van der Waals surface area contributed by atoms with Crippen molar-refractivity contribution in [2.24, 2.45) is 0 Å². The van der Waals surface area contributed by atoms with Crippen molar-refractivity contribution in [3.63, 3.8) is 0 Å². The van der Waals surface area contributed by atoms with Crippen LogP contribution in [-0.4, -0.2) is 58.8 Å². The predicted octanol–water partition coefficient (Wildman–Crippen LogP) is -0.747. The van der Waals surface area contributed by atoms with Gasteiger partial charge in [0, 0.05) is 27.4 Å². The van der Waals surface area contributed by atoms with Crippen molar-refractivity contribution in [1.82, 2.24) is 0 Å². The average molecular weight is 288 g/mol. The molecule has 0 bridgehead atoms. The van der Waals surface area contributed by atoms with Gasteiger partial charge in [-0.15, -0.1) is 0 Å². The molecule has 0 rings (SSSR count). The Bertz CT molecular complexity index is 206. The minimum Gasteiger partial charge on any atom is -0.351 e. The van der Waals surface area contributed by atoms with Crippen LogP contribution in [-0.2, 0) is 23.5 Å². The van der Waals surface area contributed by atoms with Crippen LogP contribution in [0.2, 0.25) is 0 Å². The van der Waals surface area contributed by atoms with E-state index in [0.29, 0.717) is 10.2 Å². The summed E-state index contributed by atoms with van der Waals surface area (Å²) >= 11 is 0. The smallest absolute Gasteiger partial charge is 0.341 e. The highest BCUT2D eigenvalue weighted by molar-refractivity contribution is 7.39. The van der Waals surface area contributed by atoms with E-state index in [-0.39, 0.29) is 13.2 Å². The second-order valence-corrected chi connectivity index (χ2v) is 5.12. The Labute approximate surface area is 105 Å². The second kappa shape index (κ2) is 7.73. The summed E-state index contributed by atoms with van der Waals surface area (Å²) in [5.74, 6) is -1.78. The van der Waals surface area contributed by atoms with Crippen molar-refractivity contribution in [2.45, 2.75) is 25.2 Å². The topological polar surface area (TPSA) is 86.6 Å². The molecule has 0 spiro atoms. The average Bonchev–Trinajstić information content (AvgIpc) is 2.27. The van der Waals surface area contributed by atoms with Crippen molar-refractivity contribution >= 4 is 18.8 Å². The van der Waals surface area contributed by atoms with E-state index in [1.54, 1.807) is 13.8 Å². The van der Waals surface area contributed by atoms with Crippen LogP contribution in [0.25, 0.3) is 0 Å². The van der Waals surface area contributed by atoms with Gasteiger partial charge in [-0.1, -0.05) is 0 Å². The lowest BCUT2D eigenvalue weighted by atomic mass is 10.5. The third-order valence-electron chi connectivity index (χ3n) is 2.21. The molecule has 0 aromatic rings. The van der Waals surface area contributed by atoms with Crippen LogP contribution in [0.4, 0.5) is 0 Å². The minimum absolute atomic E-state index is 0.236. The van der Waals surface area contributed by atoms with Gasteiger partial charge in [0.05, 0.1) is 10.2 Å². The first-order chi connectivity index (χ1) is 7.91. The van der Waals surface area contributed by atoms with E-state index in [4.69, 9.17) is 33.3 Å². The maximum absolute atomic E-state index is 9.04. The number of rotatable bonds is 9. The predicted molar refractivity (Wildman–Crippen MR) is 65.1 cm³/mol. The highest BCUT2D eigenvalue weighted by Gasteiger charge is 2.55. The first-order valence-corrected chi connectivity index (χ1v) is 7.33. The molecule has 0 aliphatic heterocycles. The molecule has 0 aliphatic rings. The summed E-state index contributed by atoms with van der Waals surface area (Å²) in [6, 6.07) is 0. The molecular formula is C8H21O7PSi.